The predicted molar refractivity (Wildman–Crippen MR) is 222 cm³/mol. The molecule has 1 aliphatic rings. The Morgan fingerprint density at radius 1 is 0.351 bits per heavy atom. The second-order valence-electron chi connectivity index (χ2n) is 17.3. The van der Waals surface area contributed by atoms with Crippen molar-refractivity contribution in [3.05, 3.63) is 176 Å². The van der Waals surface area contributed by atoms with E-state index in [1.165, 1.54) is 0 Å². The Bertz CT molecular complexity index is 3270. The predicted octanol–water partition coefficient (Wildman–Crippen LogP) is 19.0. The first kappa shape index (κ1) is 57.3. The molecule has 0 amide bonds. The lowest BCUT2D eigenvalue weighted by Gasteiger charge is -2.32. The minimum absolute atomic E-state index is 0.285. The second kappa shape index (κ2) is 18.4. The Hall–Kier alpha value is -7.42. The summed E-state index contributed by atoms with van der Waals surface area (Å²) in [6.45, 7) is 9.46. The molecule has 0 N–H and O–H groups in total. The van der Waals surface area contributed by atoms with Gasteiger partial charge in [0.25, 0.3) is 0 Å². The van der Waals surface area contributed by atoms with Crippen molar-refractivity contribution in [3.8, 4) is 11.1 Å². The standard InChI is InChI=1S/C49H22F26N2/c1-13(2)21-27(50)23(46(64,65)66)29(52)35(58)41(21)76(43-37(60)31(54)25(48(70,71)72)32(55)38(43)61)15-7-9-17-18-10-8-16(12-20(18)45(5,6)19(17)11-15)77(44-39(62)33(56)26(49(73,74)75)34(57)40(44)63)42-22(14(3)4)28(51)24(47(67,68)69)30(53)36(42)59/h7-12H,1,3H2,2,4-6H3. The Kier molecular flexibility index (Phi) is 13.7. The van der Waals surface area contributed by atoms with Crippen molar-refractivity contribution in [2.75, 3.05) is 9.80 Å². The zero-order valence-electron chi connectivity index (χ0n) is 38.1. The summed E-state index contributed by atoms with van der Waals surface area (Å²) >= 11 is 0. The third-order valence-corrected chi connectivity index (χ3v) is 12.1. The minimum atomic E-state index is -6.28. The summed E-state index contributed by atoms with van der Waals surface area (Å²) in [5, 5.41) is 0. The lowest BCUT2D eigenvalue weighted by atomic mass is 9.82. The van der Waals surface area contributed by atoms with Crippen LogP contribution in [-0.2, 0) is 30.1 Å². The molecule has 6 aromatic rings. The Labute approximate surface area is 413 Å². The van der Waals surface area contributed by atoms with Gasteiger partial charge in [0.15, 0.2) is 69.8 Å². The van der Waals surface area contributed by atoms with Gasteiger partial charge in [-0.25, -0.2) is 61.5 Å². The number of hydrogen-bond acceptors (Lipinski definition) is 2. The molecule has 0 radical (unpaired) electrons. The van der Waals surface area contributed by atoms with Gasteiger partial charge in [-0.2, -0.15) is 52.7 Å². The number of fused-ring (bicyclic) bond motifs is 3. The quantitative estimate of drug-likeness (QED) is 0.111. The van der Waals surface area contributed by atoms with E-state index in [-0.39, 0.29) is 11.1 Å². The summed E-state index contributed by atoms with van der Waals surface area (Å²) in [4.78, 5) is -1.19. The molecule has 6 aromatic carbocycles. The van der Waals surface area contributed by atoms with E-state index >= 15 is 61.5 Å². The van der Waals surface area contributed by atoms with Crippen LogP contribution in [0.4, 0.5) is 148 Å². The molecule has 77 heavy (non-hydrogen) atoms. The molecule has 7 rings (SSSR count). The molecule has 0 saturated carbocycles. The number of benzene rings is 6. The van der Waals surface area contributed by atoms with Crippen LogP contribution >= 0.6 is 0 Å². The maximum absolute atomic E-state index is 16.4. The van der Waals surface area contributed by atoms with Crippen LogP contribution in [0.5, 0.6) is 0 Å². The number of allylic oxidation sites excluding steroid dienone is 2. The topological polar surface area (TPSA) is 6.48 Å². The summed E-state index contributed by atoms with van der Waals surface area (Å²) in [7, 11) is 0. The summed E-state index contributed by atoms with van der Waals surface area (Å²) < 4.78 is 388. The first-order valence-corrected chi connectivity index (χ1v) is 20.7. The SMILES string of the molecule is C=C(C)c1c(F)c(C(F)(F)F)c(F)c(F)c1N(c1ccc2c(c1)C(C)(C)c1cc(N(c3c(F)c(F)c(C(F)(F)F)c(F)c3F)c3c(F)c(F)c(C(F)(F)F)c(F)c3C(=C)C)ccc1-2)c1c(F)c(F)c(C(F)(F)F)c(F)c1F. The lowest BCUT2D eigenvalue weighted by molar-refractivity contribution is -0.144. The maximum Gasteiger partial charge on any atom is 0.422 e. The third-order valence-electron chi connectivity index (χ3n) is 12.1. The lowest BCUT2D eigenvalue weighted by Crippen LogP contribution is -2.25. The van der Waals surface area contributed by atoms with Crippen molar-refractivity contribution in [1.82, 2.24) is 0 Å². The van der Waals surface area contributed by atoms with Gasteiger partial charge in [0.2, 0.25) is 0 Å². The van der Waals surface area contributed by atoms with Crippen LogP contribution in [-0.4, -0.2) is 0 Å². The number of hydrogen-bond donors (Lipinski definition) is 0. The molecule has 0 bridgehead atoms. The van der Waals surface area contributed by atoms with E-state index in [1.807, 2.05) is 0 Å². The van der Waals surface area contributed by atoms with E-state index in [0.717, 1.165) is 26.0 Å². The molecule has 0 saturated heterocycles. The van der Waals surface area contributed by atoms with E-state index in [4.69, 9.17) is 0 Å². The molecular formula is C49H22F26N2. The zero-order valence-corrected chi connectivity index (χ0v) is 38.1. The Morgan fingerprint density at radius 3 is 0.792 bits per heavy atom. The fraction of sp³-hybridized carbons (Fsp3) is 0.184. The molecule has 0 atom stereocenters. The third kappa shape index (κ3) is 8.73. The molecule has 0 unspecified atom stereocenters. The summed E-state index contributed by atoms with van der Waals surface area (Å²) in [6, 6.07) is 3.48. The van der Waals surface area contributed by atoms with E-state index in [1.54, 1.807) is 0 Å². The van der Waals surface area contributed by atoms with Gasteiger partial charge in [0, 0.05) is 27.9 Å². The smallest absolute Gasteiger partial charge is 0.301 e. The van der Waals surface area contributed by atoms with Crippen LogP contribution in [0.15, 0.2) is 49.6 Å². The van der Waals surface area contributed by atoms with Crippen LogP contribution in [0.2, 0.25) is 0 Å². The Morgan fingerprint density at radius 2 is 0.571 bits per heavy atom. The monoisotopic (exact) mass is 1130 g/mol. The first-order valence-electron chi connectivity index (χ1n) is 20.7. The summed E-state index contributed by atoms with van der Waals surface area (Å²) in [6.07, 6.45) is -24.9. The number of alkyl halides is 12. The second-order valence-corrected chi connectivity index (χ2v) is 17.3. The van der Waals surface area contributed by atoms with E-state index in [0.29, 0.717) is 38.1 Å². The van der Waals surface area contributed by atoms with Crippen molar-refractivity contribution in [2.45, 2.75) is 57.8 Å². The van der Waals surface area contributed by atoms with Gasteiger partial charge in [-0.05, 0) is 71.5 Å². The van der Waals surface area contributed by atoms with Crippen molar-refractivity contribution in [3.63, 3.8) is 0 Å². The number of halogens is 26. The summed E-state index contributed by atoms with van der Waals surface area (Å²) in [5.74, 6) is -43.7. The Balaban J connectivity index is 1.59. The number of anilines is 6. The first-order chi connectivity index (χ1) is 35.1. The molecule has 410 valence electrons. The van der Waals surface area contributed by atoms with Crippen LogP contribution in [0.1, 0.15) is 72.2 Å². The number of rotatable bonds is 8. The van der Waals surface area contributed by atoms with Gasteiger partial charge < -0.3 is 9.80 Å². The highest BCUT2D eigenvalue weighted by Gasteiger charge is 2.50. The molecule has 0 spiro atoms. The molecule has 28 heteroatoms. The normalized spacial score (nSPS) is 13.5. The average Bonchev–Trinajstić information content (AvgIpc) is 3.50. The van der Waals surface area contributed by atoms with Crippen LogP contribution < -0.4 is 9.80 Å². The highest BCUT2D eigenvalue weighted by molar-refractivity contribution is 5.92. The van der Waals surface area contributed by atoms with Crippen LogP contribution in [0.3, 0.4) is 0 Å². The highest BCUT2D eigenvalue weighted by atomic mass is 19.4. The van der Waals surface area contributed by atoms with Gasteiger partial charge in [0.1, 0.15) is 45.3 Å². The molecule has 2 nitrogen and oxygen atoms in total. The van der Waals surface area contributed by atoms with Gasteiger partial charge in [-0.15, -0.1) is 0 Å². The highest BCUT2D eigenvalue weighted by Crippen LogP contribution is 2.57. The van der Waals surface area contributed by atoms with Crippen molar-refractivity contribution < 1.29 is 114 Å². The van der Waals surface area contributed by atoms with Gasteiger partial charge in [-0.3, -0.25) is 0 Å². The van der Waals surface area contributed by atoms with Crippen LogP contribution in [0.25, 0.3) is 22.3 Å². The molecule has 1 aliphatic carbocycles. The van der Waals surface area contributed by atoms with E-state index in [9.17, 15) is 52.7 Å². The van der Waals surface area contributed by atoms with Crippen molar-refractivity contribution in [2.24, 2.45) is 0 Å². The zero-order chi connectivity index (χ0) is 58.4. The van der Waals surface area contributed by atoms with Crippen molar-refractivity contribution in [1.29, 1.82) is 0 Å². The largest absolute Gasteiger partial charge is 0.422 e. The summed E-state index contributed by atoms with van der Waals surface area (Å²) in [5.41, 5.74) is -34.1. The minimum Gasteiger partial charge on any atom is -0.301 e. The van der Waals surface area contributed by atoms with Gasteiger partial charge in [-0.1, -0.05) is 39.1 Å². The average molecular weight is 1130 g/mol. The molecular weight excluding hydrogens is 1110 g/mol. The molecule has 0 aliphatic heterocycles. The molecule has 0 heterocycles. The van der Waals surface area contributed by atoms with E-state index < -0.39 is 211 Å². The van der Waals surface area contributed by atoms with Crippen LogP contribution in [0, 0.1) is 81.4 Å². The van der Waals surface area contributed by atoms with Gasteiger partial charge in [0.05, 0.1) is 11.4 Å². The van der Waals surface area contributed by atoms with Gasteiger partial charge >= 0.3 is 24.7 Å². The molecule has 0 aromatic heterocycles. The van der Waals surface area contributed by atoms with Crippen molar-refractivity contribution >= 4 is 45.3 Å². The maximum atomic E-state index is 16.4. The fourth-order valence-corrected chi connectivity index (χ4v) is 8.86. The fourth-order valence-electron chi connectivity index (χ4n) is 8.86. The number of nitrogens with zero attached hydrogens (tertiary/aromatic N) is 2. The molecule has 0 fully saturated rings. The van der Waals surface area contributed by atoms with E-state index in [2.05, 4.69) is 13.2 Å².